The van der Waals surface area contributed by atoms with E-state index in [4.69, 9.17) is 0 Å². The molecule has 4 nitrogen and oxygen atoms in total. The number of hydrogen-bond donors (Lipinski definition) is 1. The van der Waals surface area contributed by atoms with E-state index in [1.807, 2.05) is 0 Å². The van der Waals surface area contributed by atoms with Gasteiger partial charge in [-0.25, -0.2) is 0 Å². The van der Waals surface area contributed by atoms with Gasteiger partial charge in [-0.15, -0.1) is 0 Å². The van der Waals surface area contributed by atoms with Crippen molar-refractivity contribution in [1.82, 2.24) is 0 Å². The zero-order valence-corrected chi connectivity index (χ0v) is 11.4. The van der Waals surface area contributed by atoms with Crippen LogP contribution in [0, 0.1) is 0 Å². The van der Waals surface area contributed by atoms with E-state index >= 15 is 0 Å². The van der Waals surface area contributed by atoms with E-state index in [0.717, 1.165) is 29.0 Å². The summed E-state index contributed by atoms with van der Waals surface area (Å²) in [6.07, 6.45) is -6.74. The van der Waals surface area contributed by atoms with Crippen molar-refractivity contribution in [2.75, 3.05) is 11.8 Å². The highest BCUT2D eigenvalue weighted by Gasteiger charge is 2.78. The van der Waals surface area contributed by atoms with Gasteiger partial charge in [-0.05, 0) is 24.3 Å². The van der Waals surface area contributed by atoms with Crippen LogP contribution in [0.1, 0.15) is 0 Å². The van der Waals surface area contributed by atoms with Gasteiger partial charge in [0.2, 0.25) is 0 Å². The first-order valence-corrected chi connectivity index (χ1v) is 6.73. The highest BCUT2D eigenvalue weighted by atomic mass is 32.2. The molecule has 0 unspecified atom stereocenters. The van der Waals surface area contributed by atoms with E-state index < -0.39 is 33.1 Å². The lowest BCUT2D eigenvalue weighted by Crippen LogP contribution is -2.57. The van der Waals surface area contributed by atoms with Crippen molar-refractivity contribution < 1.29 is 43.9 Å². The Kier molecular flexibility index (Phi) is 4.57. The maximum Gasteiger partial charge on any atom is 0.461 e. The number of hydrogen-bond acceptors (Lipinski definition) is 3. The fourth-order valence-electron chi connectivity index (χ4n) is 1.21. The molecule has 0 radical (unpaired) electrons. The van der Waals surface area contributed by atoms with E-state index in [1.165, 1.54) is 7.11 Å². The molecule has 22 heavy (non-hydrogen) atoms. The molecule has 12 heteroatoms. The van der Waals surface area contributed by atoms with Gasteiger partial charge in [0.05, 0.1) is 7.11 Å². The van der Waals surface area contributed by atoms with Crippen LogP contribution in [0.2, 0.25) is 0 Å². The summed E-state index contributed by atoms with van der Waals surface area (Å²) in [5.74, 6) is -6.59. The summed E-state index contributed by atoms with van der Waals surface area (Å²) in [6.45, 7) is 0. The standard InChI is InChI=1S/C10H8F7NO3S/c1-21-7-4-2-6(3-5-7)18-22(19,20)10(16,17)8(11,12)9(13,14)15/h2-5,18H,1H3. The molecule has 1 N–H and O–H groups in total. The number of methoxy groups -OCH3 is 1. The van der Waals surface area contributed by atoms with E-state index in [-0.39, 0.29) is 5.75 Å². The SMILES string of the molecule is COc1ccc(NS(=O)(=O)C(F)(F)C(F)(F)C(F)(F)F)cc1. The summed E-state index contributed by atoms with van der Waals surface area (Å²) in [6, 6.07) is 3.85. The molecule has 0 atom stereocenters. The van der Waals surface area contributed by atoms with Gasteiger partial charge < -0.3 is 4.74 Å². The highest BCUT2D eigenvalue weighted by molar-refractivity contribution is 7.93. The summed E-state index contributed by atoms with van der Waals surface area (Å²) in [7, 11) is -5.13. The molecule has 0 aliphatic rings. The van der Waals surface area contributed by atoms with Crippen LogP contribution in [-0.4, -0.2) is 32.9 Å². The van der Waals surface area contributed by atoms with Gasteiger partial charge in [0.25, 0.3) is 0 Å². The Bertz CT molecular complexity index is 625. The van der Waals surface area contributed by atoms with E-state index in [2.05, 4.69) is 4.74 Å². The summed E-state index contributed by atoms with van der Waals surface area (Å²) >= 11 is 0. The third kappa shape index (κ3) is 3.05. The van der Waals surface area contributed by atoms with Crippen molar-refractivity contribution in [2.24, 2.45) is 0 Å². The number of halogens is 7. The summed E-state index contributed by atoms with van der Waals surface area (Å²) in [5.41, 5.74) is -0.640. The average Bonchev–Trinajstić information content (AvgIpc) is 2.37. The van der Waals surface area contributed by atoms with Crippen LogP contribution in [-0.2, 0) is 10.0 Å². The molecule has 1 aromatic rings. The minimum Gasteiger partial charge on any atom is -0.497 e. The summed E-state index contributed by atoms with van der Waals surface area (Å²) in [5, 5.41) is -6.40. The fourth-order valence-corrected chi connectivity index (χ4v) is 2.24. The lowest BCUT2D eigenvalue weighted by molar-refractivity contribution is -0.332. The Morgan fingerprint density at radius 1 is 0.955 bits per heavy atom. The first kappa shape index (κ1) is 18.3. The Morgan fingerprint density at radius 2 is 1.41 bits per heavy atom. The van der Waals surface area contributed by atoms with E-state index in [0.29, 0.717) is 0 Å². The van der Waals surface area contributed by atoms with Gasteiger partial charge in [0, 0.05) is 5.69 Å². The van der Waals surface area contributed by atoms with Gasteiger partial charge >= 0.3 is 27.4 Å². The zero-order valence-electron chi connectivity index (χ0n) is 10.6. The van der Waals surface area contributed by atoms with Crippen LogP contribution in [0.4, 0.5) is 36.4 Å². The minimum atomic E-state index is -6.77. The van der Waals surface area contributed by atoms with Crippen molar-refractivity contribution in [3.8, 4) is 5.75 Å². The third-order valence-electron chi connectivity index (χ3n) is 2.40. The second-order valence-electron chi connectivity index (χ2n) is 3.92. The van der Waals surface area contributed by atoms with Crippen molar-refractivity contribution >= 4 is 15.7 Å². The van der Waals surface area contributed by atoms with Crippen molar-refractivity contribution in [3.05, 3.63) is 24.3 Å². The Labute approximate surface area is 119 Å². The molecule has 126 valence electrons. The Morgan fingerprint density at radius 3 is 1.77 bits per heavy atom. The predicted molar refractivity (Wildman–Crippen MR) is 61.5 cm³/mol. The number of rotatable bonds is 5. The van der Waals surface area contributed by atoms with Crippen molar-refractivity contribution in [3.63, 3.8) is 0 Å². The van der Waals surface area contributed by atoms with Gasteiger partial charge in [-0.3, -0.25) is 4.72 Å². The van der Waals surface area contributed by atoms with Crippen molar-refractivity contribution in [1.29, 1.82) is 0 Å². The number of alkyl halides is 7. The normalized spacial score (nSPS) is 13.8. The van der Waals surface area contributed by atoms with Crippen molar-refractivity contribution in [2.45, 2.75) is 17.4 Å². The molecule has 0 aliphatic heterocycles. The van der Waals surface area contributed by atoms with Crippen LogP contribution in [0.15, 0.2) is 24.3 Å². The number of sulfonamides is 1. The van der Waals surface area contributed by atoms with Crippen LogP contribution < -0.4 is 9.46 Å². The molecule has 0 spiro atoms. The molecule has 0 aliphatic carbocycles. The van der Waals surface area contributed by atoms with Gasteiger partial charge in [-0.1, -0.05) is 0 Å². The fraction of sp³-hybridized carbons (Fsp3) is 0.400. The van der Waals surface area contributed by atoms with Gasteiger partial charge in [-0.2, -0.15) is 39.2 Å². The Hall–Kier alpha value is -1.72. The molecule has 0 bridgehead atoms. The second-order valence-corrected chi connectivity index (χ2v) is 5.65. The molecular weight excluding hydrogens is 347 g/mol. The lowest BCUT2D eigenvalue weighted by Gasteiger charge is -2.27. The summed E-state index contributed by atoms with van der Waals surface area (Å²) < 4.78 is 116. The smallest absolute Gasteiger partial charge is 0.461 e. The third-order valence-corrected chi connectivity index (χ3v) is 3.84. The van der Waals surface area contributed by atoms with Crippen LogP contribution in [0.5, 0.6) is 5.75 Å². The second kappa shape index (κ2) is 5.48. The maximum absolute atomic E-state index is 13.2. The molecule has 1 aromatic carbocycles. The molecule has 0 saturated carbocycles. The lowest BCUT2D eigenvalue weighted by atomic mass is 10.3. The molecule has 0 saturated heterocycles. The maximum atomic E-state index is 13.2. The highest BCUT2D eigenvalue weighted by Crippen LogP contribution is 2.49. The number of benzene rings is 1. The molecule has 0 aromatic heterocycles. The Balaban J connectivity index is 3.16. The quantitative estimate of drug-likeness (QED) is 0.825. The number of anilines is 1. The van der Waals surface area contributed by atoms with E-state index in [1.54, 1.807) is 0 Å². The van der Waals surface area contributed by atoms with Crippen LogP contribution in [0.25, 0.3) is 0 Å². The predicted octanol–water partition coefficient (Wildman–Crippen LogP) is 3.23. The number of nitrogens with one attached hydrogen (secondary N) is 1. The summed E-state index contributed by atoms with van der Waals surface area (Å²) in [4.78, 5) is 0. The molecule has 0 amide bonds. The monoisotopic (exact) mass is 355 g/mol. The first-order valence-electron chi connectivity index (χ1n) is 5.25. The topological polar surface area (TPSA) is 55.4 Å². The largest absolute Gasteiger partial charge is 0.497 e. The number of ether oxygens (including phenoxy) is 1. The molecule has 1 rings (SSSR count). The zero-order chi connectivity index (χ0) is 17.4. The molecule has 0 fully saturated rings. The van der Waals surface area contributed by atoms with Gasteiger partial charge in [0.15, 0.2) is 0 Å². The minimum absolute atomic E-state index is 0.176. The first-order chi connectivity index (χ1) is 9.76. The molecular formula is C10H8F7NO3S. The van der Waals surface area contributed by atoms with Gasteiger partial charge in [0.1, 0.15) is 5.75 Å². The van der Waals surface area contributed by atoms with E-state index in [9.17, 15) is 39.2 Å². The molecule has 0 heterocycles. The van der Waals surface area contributed by atoms with Crippen LogP contribution >= 0.6 is 0 Å². The average molecular weight is 355 g/mol. The van der Waals surface area contributed by atoms with Crippen LogP contribution in [0.3, 0.4) is 0 Å².